The molecule has 0 fully saturated rings. The summed E-state index contributed by atoms with van der Waals surface area (Å²) in [5.41, 5.74) is 3.62. The highest BCUT2D eigenvalue weighted by atomic mass is 16.5. The van der Waals surface area contributed by atoms with Crippen molar-refractivity contribution in [3.05, 3.63) is 89.6 Å². The summed E-state index contributed by atoms with van der Waals surface area (Å²) in [7, 11) is 1.25. The van der Waals surface area contributed by atoms with Crippen molar-refractivity contribution in [2.24, 2.45) is 0 Å². The lowest BCUT2D eigenvalue weighted by molar-refractivity contribution is 0.0601. The first kappa shape index (κ1) is 19.4. The molecule has 3 aromatic carbocycles. The number of methoxy groups -OCH3 is 1. The molecular weight excluding hydrogens is 408 g/mol. The molecule has 0 bridgehead atoms. The number of esters is 1. The number of imide groups is 1. The zero-order chi connectivity index (χ0) is 22.2. The van der Waals surface area contributed by atoms with Crippen molar-refractivity contribution < 1.29 is 19.1 Å². The summed E-state index contributed by atoms with van der Waals surface area (Å²) in [6.07, 6.45) is 1.53. The third kappa shape index (κ3) is 3.05. The second kappa shape index (κ2) is 7.59. The van der Waals surface area contributed by atoms with Crippen LogP contribution in [0.15, 0.2) is 72.9 Å². The number of hydrogen-bond acceptors (Lipinski definition) is 6. The van der Waals surface area contributed by atoms with Gasteiger partial charge in [0.05, 0.1) is 35.7 Å². The van der Waals surface area contributed by atoms with E-state index in [1.165, 1.54) is 13.3 Å². The number of hydrogen-bond donors (Lipinski definition) is 1. The summed E-state index contributed by atoms with van der Waals surface area (Å²) >= 11 is 0. The summed E-state index contributed by atoms with van der Waals surface area (Å²) < 4.78 is 4.89. The summed E-state index contributed by atoms with van der Waals surface area (Å²) in [5.74, 6) is -1.67. The van der Waals surface area contributed by atoms with Crippen LogP contribution in [0.3, 0.4) is 0 Å². The predicted octanol–water partition coefficient (Wildman–Crippen LogP) is 3.73. The van der Waals surface area contributed by atoms with Crippen LogP contribution in [-0.2, 0) is 4.74 Å². The number of rotatable bonds is 4. The van der Waals surface area contributed by atoms with E-state index in [-0.39, 0.29) is 22.4 Å². The smallest absolute Gasteiger partial charge is 0.339 e. The van der Waals surface area contributed by atoms with Gasteiger partial charge in [-0.15, -0.1) is 0 Å². The van der Waals surface area contributed by atoms with Crippen molar-refractivity contribution in [3.8, 4) is 22.4 Å². The SMILES string of the molecule is COC(=O)c1ccc(-c2ccccc2)cc1N1C(=O)c2ccc(-c3cn[nH]n3)cc2C1=O. The number of nitrogens with zero attached hydrogens (tertiary/aromatic N) is 3. The molecule has 1 N–H and O–H groups in total. The van der Waals surface area contributed by atoms with Gasteiger partial charge in [0.1, 0.15) is 5.69 Å². The van der Waals surface area contributed by atoms with Crippen LogP contribution in [0, 0.1) is 0 Å². The second-order valence-electron chi connectivity index (χ2n) is 7.15. The van der Waals surface area contributed by atoms with Crippen LogP contribution in [-0.4, -0.2) is 40.3 Å². The first-order valence-corrected chi connectivity index (χ1v) is 9.75. The molecule has 8 heteroatoms. The Morgan fingerprint density at radius 2 is 1.62 bits per heavy atom. The Hall–Kier alpha value is -4.59. The highest BCUT2D eigenvalue weighted by molar-refractivity contribution is 6.35. The molecule has 4 aromatic rings. The maximum Gasteiger partial charge on any atom is 0.339 e. The van der Waals surface area contributed by atoms with E-state index in [0.29, 0.717) is 11.3 Å². The molecule has 5 rings (SSSR count). The highest BCUT2D eigenvalue weighted by Crippen LogP contribution is 2.35. The van der Waals surface area contributed by atoms with Gasteiger partial charge < -0.3 is 4.74 Å². The maximum atomic E-state index is 13.3. The van der Waals surface area contributed by atoms with E-state index in [1.54, 1.807) is 36.4 Å². The van der Waals surface area contributed by atoms with Gasteiger partial charge in [-0.25, -0.2) is 9.69 Å². The summed E-state index contributed by atoms with van der Waals surface area (Å²) in [6, 6.07) is 19.3. The molecule has 0 aliphatic carbocycles. The van der Waals surface area contributed by atoms with E-state index in [2.05, 4.69) is 15.4 Å². The Kier molecular flexibility index (Phi) is 4.59. The molecule has 8 nitrogen and oxygen atoms in total. The monoisotopic (exact) mass is 424 g/mol. The van der Waals surface area contributed by atoms with Crippen molar-refractivity contribution >= 4 is 23.5 Å². The number of carbonyl (C=O) groups excluding carboxylic acids is 3. The number of ether oxygens (including phenoxy) is 1. The lowest BCUT2D eigenvalue weighted by Gasteiger charge is -2.18. The van der Waals surface area contributed by atoms with Gasteiger partial charge in [0, 0.05) is 5.56 Å². The Morgan fingerprint density at radius 3 is 2.34 bits per heavy atom. The molecular formula is C24H16N4O4. The first-order valence-electron chi connectivity index (χ1n) is 9.75. The third-order valence-electron chi connectivity index (χ3n) is 5.35. The molecule has 0 unspecified atom stereocenters. The number of carbonyl (C=O) groups is 3. The van der Waals surface area contributed by atoms with Gasteiger partial charge in [-0.05, 0) is 35.4 Å². The number of aromatic nitrogens is 3. The predicted molar refractivity (Wildman–Crippen MR) is 116 cm³/mol. The van der Waals surface area contributed by atoms with Gasteiger partial charge in [0.25, 0.3) is 11.8 Å². The highest BCUT2D eigenvalue weighted by Gasteiger charge is 2.39. The Bertz CT molecular complexity index is 1360. The molecule has 156 valence electrons. The molecule has 32 heavy (non-hydrogen) atoms. The van der Waals surface area contributed by atoms with Crippen LogP contribution >= 0.6 is 0 Å². The van der Waals surface area contributed by atoms with E-state index < -0.39 is 17.8 Å². The number of benzene rings is 3. The normalized spacial score (nSPS) is 12.7. The standard InChI is InChI=1S/C24H16N4O4/c1-32-24(31)18-10-7-15(14-5-3-2-4-6-14)12-21(18)28-22(29)17-9-8-16(11-19(17)23(28)30)20-13-25-27-26-20/h2-13H,1H3,(H,25,26,27). The largest absolute Gasteiger partial charge is 0.465 e. The fourth-order valence-electron chi connectivity index (χ4n) is 3.77. The lowest BCUT2D eigenvalue weighted by Crippen LogP contribution is -2.31. The van der Waals surface area contributed by atoms with Gasteiger partial charge >= 0.3 is 5.97 Å². The molecule has 2 amide bonds. The summed E-state index contributed by atoms with van der Waals surface area (Å²) in [4.78, 5) is 40.1. The van der Waals surface area contributed by atoms with Gasteiger partial charge in [-0.1, -0.05) is 42.5 Å². The van der Waals surface area contributed by atoms with E-state index in [4.69, 9.17) is 4.74 Å². The first-order chi connectivity index (χ1) is 15.6. The maximum absolute atomic E-state index is 13.3. The van der Waals surface area contributed by atoms with Crippen LogP contribution in [0.2, 0.25) is 0 Å². The molecule has 1 aromatic heterocycles. The van der Waals surface area contributed by atoms with Crippen LogP contribution in [0.5, 0.6) is 0 Å². The van der Waals surface area contributed by atoms with Crippen molar-refractivity contribution in [1.82, 2.24) is 15.4 Å². The topological polar surface area (TPSA) is 105 Å². The van der Waals surface area contributed by atoms with Gasteiger partial charge in [0.15, 0.2) is 0 Å². The van der Waals surface area contributed by atoms with Crippen LogP contribution in [0.1, 0.15) is 31.1 Å². The number of fused-ring (bicyclic) bond motifs is 1. The van der Waals surface area contributed by atoms with Gasteiger partial charge in [0.2, 0.25) is 0 Å². The summed E-state index contributed by atoms with van der Waals surface area (Å²) in [6.45, 7) is 0. The van der Waals surface area contributed by atoms with Crippen LogP contribution in [0.25, 0.3) is 22.4 Å². The van der Waals surface area contributed by atoms with Crippen molar-refractivity contribution in [3.63, 3.8) is 0 Å². The quantitative estimate of drug-likeness (QED) is 0.395. The van der Waals surface area contributed by atoms with Gasteiger partial charge in [-0.3, -0.25) is 9.59 Å². The minimum atomic E-state index is -0.639. The van der Waals surface area contributed by atoms with Crippen molar-refractivity contribution in [2.75, 3.05) is 12.0 Å². The third-order valence-corrected chi connectivity index (χ3v) is 5.35. The minimum absolute atomic E-state index is 0.124. The lowest BCUT2D eigenvalue weighted by atomic mass is 10.0. The van der Waals surface area contributed by atoms with E-state index >= 15 is 0 Å². The second-order valence-corrected chi connectivity index (χ2v) is 7.15. The molecule has 1 aliphatic rings. The van der Waals surface area contributed by atoms with E-state index in [0.717, 1.165) is 16.0 Å². The fourth-order valence-corrected chi connectivity index (χ4v) is 3.77. The number of nitrogens with one attached hydrogen (secondary N) is 1. The molecule has 0 saturated heterocycles. The fraction of sp³-hybridized carbons (Fsp3) is 0.0417. The van der Waals surface area contributed by atoms with Crippen molar-refractivity contribution in [2.45, 2.75) is 0 Å². The van der Waals surface area contributed by atoms with E-state index in [1.807, 2.05) is 30.3 Å². The van der Waals surface area contributed by atoms with Crippen LogP contribution < -0.4 is 4.90 Å². The van der Waals surface area contributed by atoms with E-state index in [9.17, 15) is 14.4 Å². The van der Waals surface area contributed by atoms with Crippen LogP contribution in [0.4, 0.5) is 5.69 Å². The summed E-state index contributed by atoms with van der Waals surface area (Å²) in [5, 5.41) is 10.3. The van der Waals surface area contributed by atoms with Crippen molar-refractivity contribution in [1.29, 1.82) is 0 Å². The number of anilines is 1. The number of amides is 2. The minimum Gasteiger partial charge on any atom is -0.465 e. The number of aromatic amines is 1. The Balaban J connectivity index is 1.63. The zero-order valence-electron chi connectivity index (χ0n) is 16.9. The molecule has 1 aliphatic heterocycles. The van der Waals surface area contributed by atoms with Gasteiger partial charge in [-0.2, -0.15) is 15.4 Å². The molecule has 0 atom stereocenters. The Labute approximate surface area is 182 Å². The molecule has 0 saturated carbocycles. The number of H-pyrrole nitrogens is 1. The molecule has 0 radical (unpaired) electrons. The molecule has 0 spiro atoms. The molecule has 2 heterocycles. The average Bonchev–Trinajstić information content (AvgIpc) is 3.46. The average molecular weight is 424 g/mol. The Morgan fingerprint density at radius 1 is 0.875 bits per heavy atom. The zero-order valence-corrected chi connectivity index (χ0v) is 16.9.